The van der Waals surface area contributed by atoms with Crippen molar-refractivity contribution >= 4 is 5.97 Å². The number of nitrogens with zero attached hydrogens (tertiary/aromatic N) is 2. The van der Waals surface area contributed by atoms with Crippen molar-refractivity contribution in [3.63, 3.8) is 0 Å². The number of aromatic nitrogens is 2. The topological polar surface area (TPSA) is 55.1 Å². The van der Waals surface area contributed by atoms with E-state index in [2.05, 4.69) is 18.8 Å². The highest BCUT2D eigenvalue weighted by Gasteiger charge is 2.13. The van der Waals surface area contributed by atoms with E-state index in [0.717, 1.165) is 22.6 Å². The summed E-state index contributed by atoms with van der Waals surface area (Å²) in [6.45, 7) is 6.17. The average molecular weight is 320 g/mol. The number of imidazole rings is 1. The lowest BCUT2D eigenvalue weighted by Crippen LogP contribution is -2.05. The zero-order chi connectivity index (χ0) is 17.3. The minimum atomic E-state index is -0.934. The first kappa shape index (κ1) is 16.0. The molecule has 0 atom stereocenters. The molecule has 0 saturated heterocycles. The number of carboxylic acid groups (broad SMARTS) is 1. The molecule has 0 saturated carbocycles. The number of rotatable bonds is 4. The molecule has 0 aliphatic heterocycles. The lowest BCUT2D eigenvalue weighted by Gasteiger charge is -2.13. The molecule has 0 aliphatic carbocycles. The van der Waals surface area contributed by atoms with Gasteiger partial charge in [-0.15, -0.1) is 0 Å². The summed E-state index contributed by atoms with van der Waals surface area (Å²) in [5.74, 6) is 0.222. The van der Waals surface area contributed by atoms with Gasteiger partial charge in [-0.3, -0.25) is 0 Å². The van der Waals surface area contributed by atoms with Crippen molar-refractivity contribution in [1.29, 1.82) is 0 Å². The number of hydrogen-bond donors (Lipinski definition) is 1. The molecule has 3 rings (SSSR count). The highest BCUT2D eigenvalue weighted by molar-refractivity contribution is 5.90. The number of benzene rings is 2. The summed E-state index contributed by atoms with van der Waals surface area (Å²) in [7, 11) is 0. The largest absolute Gasteiger partial charge is 0.478 e. The van der Waals surface area contributed by atoms with Crippen LogP contribution in [0.1, 0.15) is 41.5 Å². The van der Waals surface area contributed by atoms with E-state index in [-0.39, 0.29) is 11.5 Å². The molecule has 1 N–H and O–H groups in total. The number of aryl methyl sites for hydroxylation is 1. The minimum absolute atomic E-state index is 0.247. The molecule has 0 unspecified atom stereocenters. The highest BCUT2D eigenvalue weighted by atomic mass is 16.4. The summed E-state index contributed by atoms with van der Waals surface area (Å²) < 4.78 is 1.95. The molecule has 0 radical (unpaired) electrons. The molecule has 0 bridgehead atoms. The third-order valence-electron chi connectivity index (χ3n) is 4.01. The zero-order valence-corrected chi connectivity index (χ0v) is 14.0. The molecular formula is C20H20N2O2. The summed E-state index contributed by atoms with van der Waals surface area (Å²) >= 11 is 0. The Kier molecular flexibility index (Phi) is 4.21. The van der Waals surface area contributed by atoms with Gasteiger partial charge < -0.3 is 9.67 Å². The Labute approximate surface area is 141 Å². The van der Waals surface area contributed by atoms with Crippen LogP contribution in [0.25, 0.3) is 16.8 Å². The second kappa shape index (κ2) is 6.32. The fraction of sp³-hybridized carbons (Fsp3) is 0.200. The van der Waals surface area contributed by atoms with E-state index in [1.165, 1.54) is 5.56 Å². The molecule has 1 aromatic heterocycles. The predicted molar refractivity (Wildman–Crippen MR) is 94.8 cm³/mol. The molecule has 4 nitrogen and oxygen atoms in total. The van der Waals surface area contributed by atoms with Crippen molar-refractivity contribution in [2.24, 2.45) is 0 Å². The van der Waals surface area contributed by atoms with Crippen LogP contribution in [0.15, 0.2) is 54.9 Å². The number of hydrogen-bond acceptors (Lipinski definition) is 2. The molecule has 4 heteroatoms. The van der Waals surface area contributed by atoms with Gasteiger partial charge in [-0.05, 0) is 36.2 Å². The Hall–Kier alpha value is -2.88. The molecule has 0 aliphatic rings. The Morgan fingerprint density at radius 1 is 1.08 bits per heavy atom. The van der Waals surface area contributed by atoms with Gasteiger partial charge in [0.2, 0.25) is 0 Å². The first-order chi connectivity index (χ1) is 11.5. The smallest absolute Gasteiger partial charge is 0.335 e. The maximum atomic E-state index is 11.6. The summed E-state index contributed by atoms with van der Waals surface area (Å²) in [6.07, 6.45) is 3.61. The lowest BCUT2D eigenvalue weighted by atomic mass is 10.0. The van der Waals surface area contributed by atoms with Crippen LogP contribution in [0.4, 0.5) is 0 Å². The summed E-state index contributed by atoms with van der Waals surface area (Å²) in [4.78, 5) is 16.0. The predicted octanol–water partition coefficient (Wildman–Crippen LogP) is 4.67. The van der Waals surface area contributed by atoms with Gasteiger partial charge in [0.25, 0.3) is 0 Å². The quantitative estimate of drug-likeness (QED) is 0.760. The van der Waals surface area contributed by atoms with Crippen LogP contribution in [0.2, 0.25) is 0 Å². The average Bonchev–Trinajstić information content (AvgIpc) is 3.05. The third-order valence-corrected chi connectivity index (χ3v) is 4.01. The first-order valence-corrected chi connectivity index (χ1v) is 7.95. The second-order valence-electron chi connectivity index (χ2n) is 6.25. The van der Waals surface area contributed by atoms with Gasteiger partial charge in [0, 0.05) is 24.0 Å². The van der Waals surface area contributed by atoms with E-state index in [9.17, 15) is 9.90 Å². The van der Waals surface area contributed by atoms with E-state index in [0.29, 0.717) is 0 Å². The molecule has 2 aromatic carbocycles. The fourth-order valence-electron chi connectivity index (χ4n) is 2.75. The monoisotopic (exact) mass is 320 g/mol. The van der Waals surface area contributed by atoms with Crippen LogP contribution in [0, 0.1) is 6.92 Å². The molecule has 0 fully saturated rings. The van der Waals surface area contributed by atoms with Gasteiger partial charge in [0.1, 0.15) is 5.82 Å². The third kappa shape index (κ3) is 3.08. The molecule has 122 valence electrons. The van der Waals surface area contributed by atoms with Crippen LogP contribution in [-0.2, 0) is 0 Å². The zero-order valence-electron chi connectivity index (χ0n) is 14.0. The number of aromatic carboxylic acids is 1. The summed E-state index contributed by atoms with van der Waals surface area (Å²) in [5, 5.41) is 9.48. The van der Waals surface area contributed by atoms with Crippen LogP contribution >= 0.6 is 0 Å². The molecular weight excluding hydrogens is 300 g/mol. The normalized spacial score (nSPS) is 11.0. The summed E-state index contributed by atoms with van der Waals surface area (Å²) in [5.41, 5.74) is 4.13. The van der Waals surface area contributed by atoms with Crippen molar-refractivity contribution in [3.05, 3.63) is 71.8 Å². The van der Waals surface area contributed by atoms with Gasteiger partial charge in [-0.1, -0.05) is 43.7 Å². The van der Waals surface area contributed by atoms with Crippen molar-refractivity contribution in [1.82, 2.24) is 9.55 Å². The number of carbonyl (C=O) groups is 1. The van der Waals surface area contributed by atoms with Gasteiger partial charge >= 0.3 is 5.97 Å². The van der Waals surface area contributed by atoms with Crippen molar-refractivity contribution in [3.8, 4) is 16.8 Å². The maximum absolute atomic E-state index is 11.6. The minimum Gasteiger partial charge on any atom is -0.478 e. The Morgan fingerprint density at radius 2 is 1.79 bits per heavy atom. The van der Waals surface area contributed by atoms with Gasteiger partial charge in [0.15, 0.2) is 0 Å². The van der Waals surface area contributed by atoms with Crippen molar-refractivity contribution < 1.29 is 9.90 Å². The van der Waals surface area contributed by atoms with E-state index in [1.54, 1.807) is 18.3 Å². The maximum Gasteiger partial charge on any atom is 0.335 e. The Bertz CT molecular complexity index is 877. The van der Waals surface area contributed by atoms with Crippen LogP contribution in [0.5, 0.6) is 0 Å². The van der Waals surface area contributed by atoms with Crippen molar-refractivity contribution in [2.45, 2.75) is 26.7 Å². The first-order valence-electron chi connectivity index (χ1n) is 7.95. The SMILES string of the molecule is Cc1ccc(-c2cc(C(=O)O)cc(-n3ccnc3C(C)C)c2)cc1. The van der Waals surface area contributed by atoms with Gasteiger partial charge in [-0.2, -0.15) is 0 Å². The molecule has 0 spiro atoms. The van der Waals surface area contributed by atoms with Gasteiger partial charge in [0.05, 0.1) is 5.56 Å². The van der Waals surface area contributed by atoms with Crippen LogP contribution < -0.4 is 0 Å². The summed E-state index contributed by atoms with van der Waals surface area (Å²) in [6, 6.07) is 13.5. The van der Waals surface area contributed by atoms with Crippen molar-refractivity contribution in [2.75, 3.05) is 0 Å². The van der Waals surface area contributed by atoms with Crippen LogP contribution in [-0.4, -0.2) is 20.6 Å². The lowest BCUT2D eigenvalue weighted by molar-refractivity contribution is 0.0697. The standard InChI is InChI=1S/C20H20N2O2/c1-13(2)19-21-8-9-22(19)18-11-16(10-17(12-18)20(23)24)15-6-4-14(3)5-7-15/h4-13H,1-3H3,(H,23,24). The second-order valence-corrected chi connectivity index (χ2v) is 6.25. The molecule has 24 heavy (non-hydrogen) atoms. The van der Waals surface area contributed by atoms with E-state index in [1.807, 2.05) is 48.0 Å². The highest BCUT2D eigenvalue weighted by Crippen LogP contribution is 2.26. The van der Waals surface area contributed by atoms with E-state index >= 15 is 0 Å². The molecule has 3 aromatic rings. The molecule has 0 amide bonds. The molecule has 1 heterocycles. The Morgan fingerprint density at radius 3 is 2.42 bits per heavy atom. The Balaban J connectivity index is 2.18. The van der Waals surface area contributed by atoms with E-state index < -0.39 is 5.97 Å². The fourth-order valence-corrected chi connectivity index (χ4v) is 2.75. The van der Waals surface area contributed by atoms with Crippen LogP contribution in [0.3, 0.4) is 0 Å². The van der Waals surface area contributed by atoms with E-state index in [4.69, 9.17) is 0 Å². The number of carboxylic acids is 1. The van der Waals surface area contributed by atoms with Gasteiger partial charge in [-0.25, -0.2) is 9.78 Å².